The Labute approximate surface area is 128 Å². The standard InChI is InChI=1S/C18H27N3/c1-13(2)12-21(14(3)4)18-10-15(11-19-5)16-8-6-7-9-17(16)20-18/h6-10,13-14,19H,11-12H2,1-5H3. The number of nitrogens with one attached hydrogen (secondary N) is 1. The molecule has 0 amide bonds. The highest BCUT2D eigenvalue weighted by molar-refractivity contribution is 5.84. The third kappa shape index (κ3) is 3.73. The summed E-state index contributed by atoms with van der Waals surface area (Å²) in [6, 6.07) is 11.1. The fraction of sp³-hybridized carbons (Fsp3) is 0.500. The van der Waals surface area contributed by atoms with Crippen molar-refractivity contribution in [3.05, 3.63) is 35.9 Å². The van der Waals surface area contributed by atoms with Gasteiger partial charge in [0.25, 0.3) is 0 Å². The summed E-state index contributed by atoms with van der Waals surface area (Å²) in [6.07, 6.45) is 0. The van der Waals surface area contributed by atoms with Crippen molar-refractivity contribution in [1.29, 1.82) is 0 Å². The molecule has 114 valence electrons. The fourth-order valence-corrected chi connectivity index (χ4v) is 2.68. The summed E-state index contributed by atoms with van der Waals surface area (Å²) in [4.78, 5) is 7.29. The second-order valence-electron chi connectivity index (χ2n) is 6.33. The van der Waals surface area contributed by atoms with Gasteiger partial charge in [-0.05, 0) is 44.5 Å². The summed E-state index contributed by atoms with van der Waals surface area (Å²) >= 11 is 0. The zero-order chi connectivity index (χ0) is 15.4. The molecule has 0 fully saturated rings. The molecule has 0 aliphatic carbocycles. The Morgan fingerprint density at radius 3 is 2.48 bits per heavy atom. The minimum absolute atomic E-state index is 0.448. The quantitative estimate of drug-likeness (QED) is 0.874. The summed E-state index contributed by atoms with van der Waals surface area (Å²) < 4.78 is 0. The van der Waals surface area contributed by atoms with Crippen molar-refractivity contribution in [1.82, 2.24) is 10.3 Å². The van der Waals surface area contributed by atoms with Gasteiger partial charge in [0.15, 0.2) is 0 Å². The summed E-state index contributed by atoms with van der Waals surface area (Å²) in [5, 5.41) is 4.51. The zero-order valence-electron chi connectivity index (χ0n) is 13.9. The van der Waals surface area contributed by atoms with Crippen molar-refractivity contribution in [2.24, 2.45) is 5.92 Å². The number of hydrogen-bond donors (Lipinski definition) is 1. The predicted molar refractivity (Wildman–Crippen MR) is 91.8 cm³/mol. The normalized spacial score (nSPS) is 11.6. The third-order valence-electron chi connectivity index (χ3n) is 3.64. The molecule has 0 unspecified atom stereocenters. The lowest BCUT2D eigenvalue weighted by Gasteiger charge is -2.30. The summed E-state index contributed by atoms with van der Waals surface area (Å²) in [5.74, 6) is 1.70. The summed E-state index contributed by atoms with van der Waals surface area (Å²) in [5.41, 5.74) is 2.39. The lowest BCUT2D eigenvalue weighted by Crippen LogP contribution is -2.35. The molecule has 1 N–H and O–H groups in total. The number of hydrogen-bond acceptors (Lipinski definition) is 3. The van der Waals surface area contributed by atoms with E-state index >= 15 is 0 Å². The van der Waals surface area contributed by atoms with Crippen molar-refractivity contribution in [2.75, 3.05) is 18.5 Å². The number of nitrogens with zero attached hydrogens (tertiary/aromatic N) is 2. The highest BCUT2D eigenvalue weighted by Gasteiger charge is 2.15. The van der Waals surface area contributed by atoms with E-state index in [2.05, 4.69) is 68.2 Å². The first-order chi connectivity index (χ1) is 10.0. The van der Waals surface area contributed by atoms with Crippen molar-refractivity contribution in [3.63, 3.8) is 0 Å². The van der Waals surface area contributed by atoms with E-state index in [9.17, 15) is 0 Å². The lowest BCUT2D eigenvalue weighted by molar-refractivity contribution is 0.566. The molecule has 0 aliphatic rings. The molecule has 1 aromatic heterocycles. The van der Waals surface area contributed by atoms with Crippen LogP contribution in [0.5, 0.6) is 0 Å². The third-order valence-corrected chi connectivity index (χ3v) is 3.64. The van der Waals surface area contributed by atoms with E-state index in [-0.39, 0.29) is 0 Å². The van der Waals surface area contributed by atoms with E-state index in [0.29, 0.717) is 12.0 Å². The molecule has 0 saturated carbocycles. The van der Waals surface area contributed by atoms with Gasteiger partial charge in [-0.3, -0.25) is 0 Å². The number of para-hydroxylation sites is 1. The Hall–Kier alpha value is -1.61. The Morgan fingerprint density at radius 1 is 1.14 bits per heavy atom. The topological polar surface area (TPSA) is 28.2 Å². The molecular formula is C18H27N3. The van der Waals surface area contributed by atoms with Gasteiger partial charge in [0.2, 0.25) is 0 Å². The highest BCUT2D eigenvalue weighted by Crippen LogP contribution is 2.25. The van der Waals surface area contributed by atoms with E-state index in [1.54, 1.807) is 0 Å². The van der Waals surface area contributed by atoms with Gasteiger partial charge in [-0.2, -0.15) is 0 Å². The summed E-state index contributed by atoms with van der Waals surface area (Å²) in [6.45, 7) is 10.9. The Balaban J connectivity index is 2.51. The van der Waals surface area contributed by atoms with Crippen LogP contribution in [0.25, 0.3) is 10.9 Å². The number of pyridine rings is 1. The first kappa shape index (κ1) is 15.8. The molecule has 21 heavy (non-hydrogen) atoms. The molecule has 3 nitrogen and oxygen atoms in total. The van der Waals surface area contributed by atoms with Gasteiger partial charge in [0.1, 0.15) is 5.82 Å². The minimum atomic E-state index is 0.448. The molecule has 0 radical (unpaired) electrons. The first-order valence-electron chi connectivity index (χ1n) is 7.82. The molecule has 3 heteroatoms. The molecule has 0 aliphatic heterocycles. The van der Waals surface area contributed by atoms with Gasteiger partial charge < -0.3 is 10.2 Å². The van der Waals surface area contributed by atoms with Crippen LogP contribution in [0, 0.1) is 5.92 Å². The molecule has 1 aromatic carbocycles. The molecule has 1 heterocycles. The van der Waals surface area contributed by atoms with E-state index in [1.165, 1.54) is 10.9 Å². The molecular weight excluding hydrogens is 258 g/mol. The largest absolute Gasteiger partial charge is 0.354 e. The van der Waals surface area contributed by atoms with Crippen LogP contribution in [-0.4, -0.2) is 24.6 Å². The van der Waals surface area contributed by atoms with E-state index < -0.39 is 0 Å². The average Bonchev–Trinajstić information content (AvgIpc) is 2.44. The number of fused-ring (bicyclic) bond motifs is 1. The molecule has 0 spiro atoms. The molecule has 0 bridgehead atoms. The van der Waals surface area contributed by atoms with Gasteiger partial charge in [-0.25, -0.2) is 4.98 Å². The van der Waals surface area contributed by atoms with E-state index in [0.717, 1.165) is 24.4 Å². The summed E-state index contributed by atoms with van der Waals surface area (Å²) in [7, 11) is 1.99. The van der Waals surface area contributed by atoms with Gasteiger partial charge >= 0.3 is 0 Å². The van der Waals surface area contributed by atoms with Gasteiger partial charge in [0, 0.05) is 24.5 Å². The highest BCUT2D eigenvalue weighted by atomic mass is 15.2. The zero-order valence-corrected chi connectivity index (χ0v) is 13.9. The maximum atomic E-state index is 4.89. The van der Waals surface area contributed by atoms with Crippen molar-refractivity contribution < 1.29 is 0 Å². The van der Waals surface area contributed by atoms with Crippen LogP contribution in [0.3, 0.4) is 0 Å². The number of anilines is 1. The van der Waals surface area contributed by atoms with Crippen LogP contribution in [0.2, 0.25) is 0 Å². The molecule has 2 rings (SSSR count). The van der Waals surface area contributed by atoms with Crippen LogP contribution >= 0.6 is 0 Å². The molecule has 0 atom stereocenters. The van der Waals surface area contributed by atoms with Crippen molar-refractivity contribution in [2.45, 2.75) is 40.3 Å². The van der Waals surface area contributed by atoms with Gasteiger partial charge in [-0.15, -0.1) is 0 Å². The number of aromatic nitrogens is 1. The lowest BCUT2D eigenvalue weighted by atomic mass is 10.1. The SMILES string of the molecule is CNCc1cc(N(CC(C)C)C(C)C)nc2ccccc12. The van der Waals surface area contributed by atoms with Gasteiger partial charge in [-0.1, -0.05) is 32.0 Å². The fourth-order valence-electron chi connectivity index (χ4n) is 2.68. The van der Waals surface area contributed by atoms with Crippen molar-refractivity contribution >= 4 is 16.7 Å². The number of rotatable bonds is 6. The van der Waals surface area contributed by atoms with Crippen molar-refractivity contribution in [3.8, 4) is 0 Å². The average molecular weight is 285 g/mol. The maximum Gasteiger partial charge on any atom is 0.129 e. The van der Waals surface area contributed by atoms with E-state index in [1.807, 2.05) is 7.05 Å². The number of benzene rings is 1. The molecule has 2 aromatic rings. The predicted octanol–water partition coefficient (Wildman–Crippen LogP) is 3.83. The minimum Gasteiger partial charge on any atom is -0.354 e. The maximum absolute atomic E-state index is 4.89. The van der Waals surface area contributed by atoms with Crippen LogP contribution in [0.1, 0.15) is 33.3 Å². The Kier molecular flexibility index (Phi) is 5.18. The smallest absolute Gasteiger partial charge is 0.129 e. The van der Waals surface area contributed by atoms with Crippen LogP contribution < -0.4 is 10.2 Å². The van der Waals surface area contributed by atoms with E-state index in [4.69, 9.17) is 4.98 Å². The van der Waals surface area contributed by atoms with Crippen LogP contribution in [0.15, 0.2) is 30.3 Å². The second kappa shape index (κ2) is 6.90. The Bertz CT molecular complexity index is 590. The Morgan fingerprint density at radius 2 is 1.86 bits per heavy atom. The monoisotopic (exact) mass is 285 g/mol. The second-order valence-corrected chi connectivity index (χ2v) is 6.33. The van der Waals surface area contributed by atoms with Crippen LogP contribution in [-0.2, 0) is 6.54 Å². The van der Waals surface area contributed by atoms with Crippen LogP contribution in [0.4, 0.5) is 5.82 Å². The first-order valence-corrected chi connectivity index (χ1v) is 7.82. The molecule has 0 saturated heterocycles. The van der Waals surface area contributed by atoms with Gasteiger partial charge in [0.05, 0.1) is 5.52 Å².